The summed E-state index contributed by atoms with van der Waals surface area (Å²) in [6, 6.07) is 55.3. The SMILES string of the molecule is CC1(C)c2ccccc2-c2c(-c3cccc4c3OCO4)cc(N(c3ccc(-c4ccccc4)cc3)c3cccc(-c4nc5ccccc5o4)c3)cc21. The van der Waals surface area contributed by atoms with Crippen LogP contribution >= 0.6 is 0 Å². The molecule has 52 heavy (non-hydrogen) atoms. The zero-order chi connectivity index (χ0) is 34.8. The van der Waals surface area contributed by atoms with Crippen molar-refractivity contribution in [3.05, 3.63) is 169 Å². The summed E-state index contributed by atoms with van der Waals surface area (Å²) in [5, 5.41) is 0. The second kappa shape index (κ2) is 11.7. The Kier molecular flexibility index (Phi) is 6.83. The van der Waals surface area contributed by atoms with Crippen molar-refractivity contribution in [1.82, 2.24) is 4.98 Å². The van der Waals surface area contributed by atoms with Crippen LogP contribution in [0.3, 0.4) is 0 Å². The Balaban J connectivity index is 1.21. The molecular formula is C47H34N2O3. The molecule has 0 bridgehead atoms. The summed E-state index contributed by atoms with van der Waals surface area (Å²) in [7, 11) is 0. The van der Waals surface area contributed by atoms with Gasteiger partial charge >= 0.3 is 0 Å². The van der Waals surface area contributed by atoms with E-state index in [-0.39, 0.29) is 12.2 Å². The number of rotatable bonds is 6. The van der Waals surface area contributed by atoms with Crippen LogP contribution in [0.5, 0.6) is 11.5 Å². The molecule has 10 rings (SSSR count). The Bertz CT molecular complexity index is 2610. The summed E-state index contributed by atoms with van der Waals surface area (Å²) < 4.78 is 18.3. The highest BCUT2D eigenvalue weighted by molar-refractivity contribution is 5.98. The van der Waals surface area contributed by atoms with E-state index >= 15 is 0 Å². The number of hydrogen-bond acceptors (Lipinski definition) is 5. The van der Waals surface area contributed by atoms with Gasteiger partial charge in [-0.3, -0.25) is 0 Å². The molecule has 2 heterocycles. The Hall–Kier alpha value is -6.59. The smallest absolute Gasteiger partial charge is 0.231 e. The van der Waals surface area contributed by atoms with Crippen molar-refractivity contribution in [2.75, 3.05) is 11.7 Å². The molecule has 1 aliphatic heterocycles. The van der Waals surface area contributed by atoms with Gasteiger partial charge in [-0.05, 0) is 99.6 Å². The molecule has 0 saturated carbocycles. The number of anilines is 3. The van der Waals surface area contributed by atoms with Crippen molar-refractivity contribution in [2.45, 2.75) is 19.3 Å². The van der Waals surface area contributed by atoms with Gasteiger partial charge in [-0.15, -0.1) is 0 Å². The predicted octanol–water partition coefficient (Wildman–Crippen LogP) is 12.3. The minimum atomic E-state index is -0.241. The van der Waals surface area contributed by atoms with Crippen LogP contribution in [0, 0.1) is 0 Å². The van der Waals surface area contributed by atoms with E-state index in [1.807, 2.05) is 36.4 Å². The average Bonchev–Trinajstić information content (AvgIpc) is 3.91. The van der Waals surface area contributed by atoms with Crippen molar-refractivity contribution in [3.63, 3.8) is 0 Å². The lowest BCUT2D eigenvalue weighted by molar-refractivity contribution is 0.174. The van der Waals surface area contributed by atoms with E-state index in [0.717, 1.165) is 61.9 Å². The van der Waals surface area contributed by atoms with Crippen LogP contribution in [0.15, 0.2) is 162 Å². The van der Waals surface area contributed by atoms with Gasteiger partial charge in [-0.1, -0.05) is 111 Å². The second-order valence-corrected chi connectivity index (χ2v) is 13.9. The molecular weight excluding hydrogens is 641 g/mol. The number of benzene rings is 7. The number of para-hydroxylation sites is 3. The molecule has 0 unspecified atom stereocenters. The van der Waals surface area contributed by atoms with Crippen molar-refractivity contribution >= 4 is 28.2 Å². The molecule has 0 amide bonds. The van der Waals surface area contributed by atoms with Crippen LogP contribution < -0.4 is 14.4 Å². The number of nitrogens with zero attached hydrogens (tertiary/aromatic N) is 2. The fourth-order valence-corrected chi connectivity index (χ4v) is 7.94. The Labute approximate surface area is 302 Å². The van der Waals surface area contributed by atoms with Gasteiger partial charge in [0.15, 0.2) is 17.1 Å². The largest absolute Gasteiger partial charge is 0.454 e. The summed E-state index contributed by atoms with van der Waals surface area (Å²) in [6.45, 7) is 4.86. The quantitative estimate of drug-likeness (QED) is 0.176. The predicted molar refractivity (Wildman–Crippen MR) is 209 cm³/mol. The third-order valence-electron chi connectivity index (χ3n) is 10.5. The van der Waals surface area contributed by atoms with E-state index in [0.29, 0.717) is 5.89 Å². The monoisotopic (exact) mass is 674 g/mol. The molecule has 1 aliphatic carbocycles. The van der Waals surface area contributed by atoms with E-state index in [1.165, 1.54) is 27.8 Å². The Morgan fingerprint density at radius 1 is 0.538 bits per heavy atom. The summed E-state index contributed by atoms with van der Waals surface area (Å²) in [5.74, 6) is 2.13. The molecule has 5 nitrogen and oxygen atoms in total. The van der Waals surface area contributed by atoms with Crippen LogP contribution in [0.25, 0.3) is 55.9 Å². The van der Waals surface area contributed by atoms with Crippen molar-refractivity contribution in [1.29, 1.82) is 0 Å². The molecule has 5 heteroatoms. The average molecular weight is 675 g/mol. The molecule has 8 aromatic rings. The molecule has 2 aliphatic rings. The van der Waals surface area contributed by atoms with E-state index in [1.54, 1.807) is 0 Å². The zero-order valence-corrected chi connectivity index (χ0v) is 28.8. The summed E-state index contributed by atoms with van der Waals surface area (Å²) in [5.41, 5.74) is 14.8. The first kappa shape index (κ1) is 30.3. The lowest BCUT2D eigenvalue weighted by Crippen LogP contribution is -2.17. The van der Waals surface area contributed by atoms with Gasteiger partial charge in [0, 0.05) is 33.6 Å². The van der Waals surface area contributed by atoms with Crippen molar-refractivity contribution in [3.8, 4) is 56.3 Å². The summed E-state index contributed by atoms with van der Waals surface area (Å²) >= 11 is 0. The lowest BCUT2D eigenvalue weighted by Gasteiger charge is -2.29. The van der Waals surface area contributed by atoms with Crippen LogP contribution in [0.1, 0.15) is 25.0 Å². The molecule has 0 atom stereocenters. The topological polar surface area (TPSA) is 47.7 Å². The second-order valence-electron chi connectivity index (χ2n) is 13.9. The van der Waals surface area contributed by atoms with E-state index in [4.69, 9.17) is 18.9 Å². The van der Waals surface area contributed by atoms with Gasteiger partial charge in [-0.2, -0.15) is 0 Å². The van der Waals surface area contributed by atoms with Crippen molar-refractivity contribution < 1.29 is 13.9 Å². The molecule has 250 valence electrons. The Morgan fingerprint density at radius 3 is 2.13 bits per heavy atom. The molecule has 0 N–H and O–H groups in total. The van der Waals surface area contributed by atoms with E-state index in [2.05, 4.69) is 140 Å². The maximum absolute atomic E-state index is 6.25. The first-order valence-corrected chi connectivity index (χ1v) is 17.6. The highest BCUT2D eigenvalue weighted by Crippen LogP contribution is 2.56. The normalized spacial score (nSPS) is 13.6. The fourth-order valence-electron chi connectivity index (χ4n) is 7.94. The zero-order valence-electron chi connectivity index (χ0n) is 28.8. The first-order chi connectivity index (χ1) is 25.5. The van der Waals surface area contributed by atoms with Gasteiger partial charge in [0.1, 0.15) is 5.52 Å². The number of oxazole rings is 1. The van der Waals surface area contributed by atoms with Gasteiger partial charge < -0.3 is 18.8 Å². The summed E-state index contributed by atoms with van der Waals surface area (Å²) in [4.78, 5) is 7.18. The van der Waals surface area contributed by atoms with Gasteiger partial charge in [-0.25, -0.2) is 4.98 Å². The van der Waals surface area contributed by atoms with Gasteiger partial charge in [0.05, 0.1) is 0 Å². The molecule has 0 fully saturated rings. The Morgan fingerprint density at radius 2 is 1.27 bits per heavy atom. The number of aromatic nitrogens is 1. The number of ether oxygens (including phenoxy) is 2. The van der Waals surface area contributed by atoms with Gasteiger partial charge in [0.2, 0.25) is 12.7 Å². The van der Waals surface area contributed by atoms with E-state index < -0.39 is 0 Å². The van der Waals surface area contributed by atoms with Gasteiger partial charge in [0.25, 0.3) is 0 Å². The van der Waals surface area contributed by atoms with Crippen LogP contribution in [0.2, 0.25) is 0 Å². The third-order valence-corrected chi connectivity index (χ3v) is 10.5. The molecule has 0 radical (unpaired) electrons. The minimum Gasteiger partial charge on any atom is -0.454 e. The summed E-state index contributed by atoms with van der Waals surface area (Å²) in [6.07, 6.45) is 0. The number of hydrogen-bond donors (Lipinski definition) is 0. The lowest BCUT2D eigenvalue weighted by atomic mass is 9.81. The molecule has 0 spiro atoms. The maximum atomic E-state index is 6.25. The van der Waals surface area contributed by atoms with Crippen molar-refractivity contribution in [2.24, 2.45) is 0 Å². The minimum absolute atomic E-state index is 0.207. The van der Waals surface area contributed by atoms with E-state index in [9.17, 15) is 0 Å². The first-order valence-electron chi connectivity index (χ1n) is 17.6. The van der Waals surface area contributed by atoms with Crippen LogP contribution in [0.4, 0.5) is 17.1 Å². The fraction of sp³-hybridized carbons (Fsp3) is 0.0851. The highest BCUT2D eigenvalue weighted by Gasteiger charge is 2.38. The van der Waals surface area contributed by atoms with Crippen LogP contribution in [-0.4, -0.2) is 11.8 Å². The highest BCUT2D eigenvalue weighted by atomic mass is 16.7. The molecule has 7 aromatic carbocycles. The molecule has 0 saturated heterocycles. The third kappa shape index (κ3) is 4.81. The number of fused-ring (bicyclic) bond motifs is 5. The standard InChI is InChI=1S/C47H34N2O3/c1-47(2)39-18-7-6-16-37(39)44-38(36-17-11-21-43-45(36)51-29-50-43)27-35(28-40(44)47)49(33-24-22-31(23-25-33)30-12-4-3-5-13-30)34-15-10-14-32(26-34)46-48-41-19-8-9-20-42(41)52-46/h3-28H,29H2,1-2H3. The molecule has 1 aromatic heterocycles. The maximum Gasteiger partial charge on any atom is 0.231 e. The van der Waals surface area contributed by atoms with Crippen LogP contribution in [-0.2, 0) is 5.41 Å².